The first-order valence-corrected chi connectivity index (χ1v) is 26.5. The number of nitrogens with zero attached hydrogens (tertiary/aromatic N) is 2. The predicted octanol–water partition coefficient (Wildman–Crippen LogP) is 21.4. The molecule has 0 N–H and O–H groups in total. The number of allylic oxidation sites excluding steroid dienone is 4. The third kappa shape index (κ3) is 7.38. The predicted molar refractivity (Wildman–Crippen MR) is 324 cm³/mol. The Morgan fingerprint density at radius 3 is 1.44 bits per heavy atom. The monoisotopic (exact) mass is 1000 g/mol. The van der Waals surface area contributed by atoms with Crippen LogP contribution in [0.2, 0.25) is 0 Å². The Bertz CT molecular complexity index is 4810. The first kappa shape index (κ1) is 46.3. The Labute approximate surface area is 446 Å². The molecule has 374 valence electrons. The van der Waals surface area contributed by atoms with E-state index < -0.39 is 0 Å². The number of fused-ring (bicyclic) bond motifs is 15. The van der Waals surface area contributed by atoms with Crippen LogP contribution in [0.3, 0.4) is 0 Å². The molecule has 0 saturated carbocycles. The first-order valence-electron chi connectivity index (χ1n) is 26.5. The van der Waals surface area contributed by atoms with Crippen LogP contribution in [0.15, 0.2) is 230 Å². The summed E-state index contributed by atoms with van der Waals surface area (Å²) >= 11 is 0. The summed E-state index contributed by atoms with van der Waals surface area (Å²) in [5, 5.41) is 12.9. The van der Waals surface area contributed by atoms with Gasteiger partial charge in [0.05, 0.1) is 11.4 Å². The van der Waals surface area contributed by atoms with Gasteiger partial charge in [0.2, 0.25) is 0 Å². The lowest BCUT2D eigenvalue weighted by atomic mass is 9.86. The molecule has 6 nitrogen and oxygen atoms in total. The highest BCUT2D eigenvalue weighted by Crippen LogP contribution is 2.48. The zero-order valence-electron chi connectivity index (χ0n) is 44.3. The molecule has 0 aliphatic rings. The van der Waals surface area contributed by atoms with Gasteiger partial charge in [0.25, 0.3) is 0 Å². The summed E-state index contributed by atoms with van der Waals surface area (Å²) in [6.07, 6.45) is 8.11. The summed E-state index contributed by atoms with van der Waals surface area (Å²) in [6, 6.07) is 62.6. The molecule has 0 radical (unpaired) electrons. The van der Waals surface area contributed by atoms with Crippen molar-refractivity contribution in [2.45, 2.75) is 59.3 Å². The van der Waals surface area contributed by atoms with E-state index in [-0.39, 0.29) is 10.8 Å². The van der Waals surface area contributed by atoms with Gasteiger partial charge in [-0.05, 0) is 130 Å². The fourth-order valence-corrected chi connectivity index (χ4v) is 11.8. The molecule has 0 spiro atoms. The van der Waals surface area contributed by atoms with E-state index in [0.29, 0.717) is 0 Å². The number of rotatable bonds is 8. The van der Waals surface area contributed by atoms with Crippen molar-refractivity contribution in [2.24, 2.45) is 0 Å². The molecule has 0 saturated heterocycles. The van der Waals surface area contributed by atoms with E-state index in [1.165, 1.54) is 11.1 Å². The highest BCUT2D eigenvalue weighted by atomic mass is 16.3. The van der Waals surface area contributed by atoms with Gasteiger partial charge in [-0.25, -0.2) is 0 Å². The molecule has 0 unspecified atom stereocenters. The molecule has 14 rings (SSSR count). The molecule has 6 heteroatoms. The maximum atomic E-state index is 6.94. The second-order valence-electron chi connectivity index (χ2n) is 22.5. The number of furan rings is 4. The summed E-state index contributed by atoms with van der Waals surface area (Å²) in [5.41, 5.74) is 14.6. The highest BCUT2D eigenvalue weighted by molar-refractivity contribution is 6.28. The van der Waals surface area contributed by atoms with Gasteiger partial charge in [0.15, 0.2) is 11.2 Å². The molecule has 77 heavy (non-hydrogen) atoms. The van der Waals surface area contributed by atoms with Gasteiger partial charge in [-0.1, -0.05) is 157 Å². The van der Waals surface area contributed by atoms with Gasteiger partial charge in [-0.2, -0.15) is 0 Å². The van der Waals surface area contributed by atoms with E-state index in [9.17, 15) is 0 Å². The standard InChI is InChI=1S/C71H56N2O4/c1-9-10-12-19-42(2)72(58-28-17-24-52-50-22-15-26-56(70(3,4)5)66(50)76-68(52)58)48-32-30-43-38-54-62(40-45(43)36-48)74-60-34-35-61-65(64(54)60)55-39-44-31-33-49(37-46(44)41-63(55)75-61)73(47-20-13-11-14-21-47)59-29-18-25-53-51-23-16-27-57(71(6,7)8)67(51)77-69(53)59/h9-41H,2H2,1,3-8H3/b10-9-,19-12-. The number of hydrogen-bond donors (Lipinski definition) is 0. The van der Waals surface area contributed by atoms with Gasteiger partial charge in [0.1, 0.15) is 33.5 Å². The van der Waals surface area contributed by atoms with Crippen LogP contribution >= 0.6 is 0 Å². The van der Waals surface area contributed by atoms with Crippen molar-refractivity contribution in [1.82, 2.24) is 0 Å². The average molecular weight is 1000 g/mol. The van der Waals surface area contributed by atoms with Crippen LogP contribution in [0.4, 0.5) is 28.4 Å². The van der Waals surface area contributed by atoms with Gasteiger partial charge >= 0.3 is 0 Å². The van der Waals surface area contributed by atoms with Crippen LogP contribution in [-0.2, 0) is 10.8 Å². The third-order valence-electron chi connectivity index (χ3n) is 15.5. The fraction of sp³-hybridized carbons (Fsp3) is 0.127. The van der Waals surface area contributed by atoms with Crippen molar-refractivity contribution < 1.29 is 17.7 Å². The second kappa shape index (κ2) is 17.1. The van der Waals surface area contributed by atoms with Gasteiger partial charge in [0, 0.05) is 77.0 Å². The minimum Gasteiger partial charge on any atom is -0.456 e. The maximum Gasteiger partial charge on any atom is 0.159 e. The molecule has 0 atom stereocenters. The van der Waals surface area contributed by atoms with Crippen LogP contribution < -0.4 is 9.80 Å². The van der Waals surface area contributed by atoms with E-state index in [1.807, 2.05) is 43.4 Å². The number of para-hydroxylation sites is 5. The van der Waals surface area contributed by atoms with Crippen molar-refractivity contribution in [3.63, 3.8) is 0 Å². The Kier molecular flexibility index (Phi) is 10.3. The molecule has 4 aromatic heterocycles. The highest BCUT2D eigenvalue weighted by Gasteiger charge is 2.27. The lowest BCUT2D eigenvalue weighted by Crippen LogP contribution is -2.14. The molecule has 0 aliphatic heterocycles. The number of hydrogen-bond acceptors (Lipinski definition) is 6. The Balaban J connectivity index is 0.887. The van der Waals surface area contributed by atoms with Gasteiger partial charge < -0.3 is 27.5 Å². The molecule has 10 aromatic carbocycles. The lowest BCUT2D eigenvalue weighted by molar-refractivity contribution is 0.572. The third-order valence-corrected chi connectivity index (χ3v) is 15.5. The minimum absolute atomic E-state index is 0.0847. The zero-order chi connectivity index (χ0) is 52.5. The van der Waals surface area contributed by atoms with E-state index in [4.69, 9.17) is 17.7 Å². The van der Waals surface area contributed by atoms with E-state index in [2.05, 4.69) is 222 Å². The zero-order valence-corrected chi connectivity index (χ0v) is 44.3. The quantitative estimate of drug-likeness (QED) is 0.141. The molecule has 0 amide bonds. The van der Waals surface area contributed by atoms with E-state index >= 15 is 0 Å². The first-order chi connectivity index (χ1) is 37.3. The molecular weight excluding hydrogens is 945 g/mol. The summed E-state index contributed by atoms with van der Waals surface area (Å²) < 4.78 is 27.4. The smallest absolute Gasteiger partial charge is 0.159 e. The molecule has 4 heterocycles. The molecular formula is C71H56N2O4. The van der Waals surface area contributed by atoms with Crippen molar-refractivity contribution in [3.05, 3.63) is 224 Å². The van der Waals surface area contributed by atoms with Crippen molar-refractivity contribution in [2.75, 3.05) is 9.80 Å². The maximum absolute atomic E-state index is 6.94. The van der Waals surface area contributed by atoms with Crippen LogP contribution in [0.5, 0.6) is 0 Å². The second-order valence-corrected chi connectivity index (χ2v) is 22.5. The van der Waals surface area contributed by atoms with Gasteiger partial charge in [-0.3, -0.25) is 0 Å². The van der Waals surface area contributed by atoms with Crippen molar-refractivity contribution in [3.8, 4) is 0 Å². The molecule has 14 aromatic rings. The molecule has 0 fully saturated rings. The summed E-state index contributed by atoms with van der Waals surface area (Å²) in [4.78, 5) is 4.50. The SMILES string of the molecule is C=C(/C=C\C=C/C)N(c1ccc2cc3c(cc2c1)oc1ccc2oc4cc5cc(N(c6ccccc6)c6cccc7c6oc6c(C(C)(C)C)cccc67)ccc5cc4c2c13)c1cccc2c1oc1c(C(C)(C)C)cccc12. The Morgan fingerprint density at radius 1 is 0.403 bits per heavy atom. The lowest BCUT2D eigenvalue weighted by Gasteiger charge is -2.26. The fourth-order valence-electron chi connectivity index (χ4n) is 11.8. The molecule has 0 bridgehead atoms. The summed E-state index contributed by atoms with van der Waals surface area (Å²) in [5.74, 6) is 0. The van der Waals surface area contributed by atoms with Crippen LogP contribution in [0, 0.1) is 0 Å². The number of anilines is 5. The normalized spacial score (nSPS) is 12.8. The topological polar surface area (TPSA) is 59.0 Å². The minimum atomic E-state index is -0.0967. The summed E-state index contributed by atoms with van der Waals surface area (Å²) in [7, 11) is 0. The summed E-state index contributed by atoms with van der Waals surface area (Å²) in [6.45, 7) is 20.0. The van der Waals surface area contributed by atoms with Crippen LogP contribution in [0.25, 0.3) is 109 Å². The van der Waals surface area contributed by atoms with Gasteiger partial charge in [-0.15, -0.1) is 0 Å². The van der Waals surface area contributed by atoms with Crippen LogP contribution in [0.1, 0.15) is 59.6 Å². The molecule has 0 aliphatic carbocycles. The average Bonchev–Trinajstić information content (AvgIpc) is 4.41. The number of benzene rings is 10. The Hall–Kier alpha value is -9.26. The van der Waals surface area contributed by atoms with Crippen LogP contribution in [-0.4, -0.2) is 0 Å². The largest absolute Gasteiger partial charge is 0.456 e. The van der Waals surface area contributed by atoms with Crippen molar-refractivity contribution in [1.29, 1.82) is 0 Å². The van der Waals surface area contributed by atoms with Crippen molar-refractivity contribution >= 4 is 138 Å². The van der Waals surface area contributed by atoms with E-state index in [0.717, 1.165) is 143 Å². The van der Waals surface area contributed by atoms with E-state index in [1.54, 1.807) is 0 Å². The Morgan fingerprint density at radius 2 is 0.896 bits per heavy atom.